The first-order valence-electron chi connectivity index (χ1n) is 7.33. The van der Waals surface area contributed by atoms with Gasteiger partial charge in [-0.1, -0.05) is 29.8 Å². The highest BCUT2D eigenvalue weighted by molar-refractivity contribution is 6.31. The second-order valence-corrected chi connectivity index (χ2v) is 5.88. The zero-order chi connectivity index (χ0) is 15.5. The number of carbonyl (C=O) groups is 1. The number of amides is 1. The molecular weight excluding hydrogens is 302 g/mol. The number of rotatable bonds is 3. The lowest BCUT2D eigenvalue weighted by Crippen LogP contribution is -2.46. The van der Waals surface area contributed by atoms with E-state index in [9.17, 15) is 4.79 Å². The lowest BCUT2D eigenvalue weighted by Gasteiger charge is -2.32. The van der Waals surface area contributed by atoms with Crippen molar-refractivity contribution in [2.45, 2.75) is 19.4 Å². The monoisotopic (exact) mass is 319 g/mol. The van der Waals surface area contributed by atoms with Crippen LogP contribution in [0.3, 0.4) is 0 Å². The number of morpholine rings is 1. The van der Waals surface area contributed by atoms with Crippen LogP contribution < -0.4 is 0 Å². The van der Waals surface area contributed by atoms with E-state index in [1.165, 1.54) is 0 Å². The summed E-state index contributed by atoms with van der Waals surface area (Å²) in [5.41, 5.74) is 1.90. The summed E-state index contributed by atoms with van der Waals surface area (Å²) in [6.07, 6.45) is 2.19. The van der Waals surface area contributed by atoms with Gasteiger partial charge in [-0.2, -0.15) is 0 Å². The van der Waals surface area contributed by atoms with Gasteiger partial charge < -0.3 is 14.1 Å². The smallest absolute Gasteiger partial charge is 0.289 e. The molecule has 1 fully saturated rings. The Kier molecular flexibility index (Phi) is 4.50. The Labute approximate surface area is 134 Å². The van der Waals surface area contributed by atoms with E-state index in [0.29, 0.717) is 31.9 Å². The predicted molar refractivity (Wildman–Crippen MR) is 84.2 cm³/mol. The van der Waals surface area contributed by atoms with Gasteiger partial charge in [-0.25, -0.2) is 0 Å². The second kappa shape index (κ2) is 6.55. The molecular formula is C17H18ClNO3. The van der Waals surface area contributed by atoms with Crippen LogP contribution in [0.4, 0.5) is 0 Å². The number of hydrogen-bond donors (Lipinski definition) is 0. The molecule has 22 heavy (non-hydrogen) atoms. The molecule has 2 heterocycles. The van der Waals surface area contributed by atoms with Gasteiger partial charge in [0.2, 0.25) is 0 Å². The van der Waals surface area contributed by atoms with Gasteiger partial charge in [-0.05, 0) is 24.6 Å². The highest BCUT2D eigenvalue weighted by Gasteiger charge is 2.27. The lowest BCUT2D eigenvalue weighted by atomic mass is 10.1. The first-order valence-corrected chi connectivity index (χ1v) is 7.71. The number of carbonyl (C=O) groups excluding carboxylic acids is 1. The Morgan fingerprint density at radius 3 is 2.91 bits per heavy atom. The summed E-state index contributed by atoms with van der Waals surface area (Å²) in [5.74, 6) is 0.341. The minimum Gasteiger partial charge on any atom is -0.459 e. The zero-order valence-corrected chi connectivity index (χ0v) is 13.2. The molecule has 0 aliphatic carbocycles. The normalized spacial score (nSPS) is 18.5. The number of ether oxygens (including phenoxy) is 1. The van der Waals surface area contributed by atoms with Gasteiger partial charge in [0, 0.05) is 30.1 Å². The molecule has 4 nitrogen and oxygen atoms in total. The number of hydrogen-bond acceptors (Lipinski definition) is 3. The van der Waals surface area contributed by atoms with Crippen molar-refractivity contribution in [3.8, 4) is 0 Å². The molecule has 0 spiro atoms. The summed E-state index contributed by atoms with van der Waals surface area (Å²) in [7, 11) is 0. The van der Waals surface area contributed by atoms with Crippen LogP contribution >= 0.6 is 11.6 Å². The fourth-order valence-corrected chi connectivity index (χ4v) is 2.88. The van der Waals surface area contributed by atoms with E-state index in [0.717, 1.165) is 16.1 Å². The van der Waals surface area contributed by atoms with Crippen LogP contribution in [0.15, 0.2) is 41.0 Å². The maximum absolute atomic E-state index is 12.5. The van der Waals surface area contributed by atoms with E-state index in [1.54, 1.807) is 17.2 Å². The average Bonchev–Trinajstić information content (AvgIpc) is 2.95. The van der Waals surface area contributed by atoms with Crippen LogP contribution in [0, 0.1) is 6.92 Å². The van der Waals surface area contributed by atoms with E-state index in [-0.39, 0.29) is 12.0 Å². The van der Waals surface area contributed by atoms with Gasteiger partial charge in [-0.15, -0.1) is 0 Å². The van der Waals surface area contributed by atoms with E-state index < -0.39 is 0 Å². The summed E-state index contributed by atoms with van der Waals surface area (Å²) in [5, 5.41) is 0.733. The van der Waals surface area contributed by atoms with Gasteiger partial charge in [0.15, 0.2) is 5.76 Å². The Bertz CT molecular complexity index is 667. The highest BCUT2D eigenvalue weighted by Crippen LogP contribution is 2.21. The van der Waals surface area contributed by atoms with E-state index in [4.69, 9.17) is 20.8 Å². The fraction of sp³-hybridized carbons (Fsp3) is 0.353. The van der Waals surface area contributed by atoms with Crippen molar-refractivity contribution in [3.05, 3.63) is 58.5 Å². The van der Waals surface area contributed by atoms with Gasteiger partial charge >= 0.3 is 0 Å². The molecule has 1 atom stereocenters. The van der Waals surface area contributed by atoms with E-state index >= 15 is 0 Å². The topological polar surface area (TPSA) is 42.7 Å². The van der Waals surface area contributed by atoms with Crippen LogP contribution in [0.2, 0.25) is 5.02 Å². The molecule has 1 aromatic heterocycles. The van der Waals surface area contributed by atoms with Crippen molar-refractivity contribution in [1.29, 1.82) is 0 Å². The van der Waals surface area contributed by atoms with Crippen molar-refractivity contribution in [1.82, 2.24) is 4.90 Å². The maximum Gasteiger partial charge on any atom is 0.289 e. The minimum atomic E-state index is -0.0741. The van der Waals surface area contributed by atoms with Crippen LogP contribution in [0.1, 0.15) is 21.7 Å². The largest absolute Gasteiger partial charge is 0.459 e. The molecule has 1 aliphatic heterocycles. The van der Waals surface area contributed by atoms with E-state index in [1.807, 2.05) is 31.2 Å². The molecule has 5 heteroatoms. The maximum atomic E-state index is 12.5. The molecule has 116 valence electrons. The van der Waals surface area contributed by atoms with Gasteiger partial charge in [0.1, 0.15) is 0 Å². The molecule has 1 aromatic carbocycles. The summed E-state index contributed by atoms with van der Waals surface area (Å²) >= 11 is 6.19. The molecule has 2 aromatic rings. The van der Waals surface area contributed by atoms with Gasteiger partial charge in [-0.3, -0.25) is 4.79 Å². The van der Waals surface area contributed by atoms with E-state index in [2.05, 4.69) is 0 Å². The molecule has 0 bridgehead atoms. The van der Waals surface area contributed by atoms with Crippen molar-refractivity contribution in [3.63, 3.8) is 0 Å². The Hall–Kier alpha value is -1.78. The first-order chi connectivity index (χ1) is 10.6. The molecule has 3 rings (SSSR count). The standard InChI is InChI=1S/C17H18ClNO3/c1-12-6-8-22-16(12)17(20)19-7-9-21-14(11-19)10-13-4-2-3-5-15(13)18/h2-6,8,14H,7,9-11H2,1H3. The summed E-state index contributed by atoms with van der Waals surface area (Å²) in [4.78, 5) is 14.3. The van der Waals surface area contributed by atoms with Gasteiger partial charge in [0.05, 0.1) is 19.0 Å². The molecule has 0 saturated carbocycles. The Balaban J connectivity index is 1.68. The third-order valence-electron chi connectivity index (χ3n) is 3.89. The highest BCUT2D eigenvalue weighted by atomic mass is 35.5. The summed E-state index contributed by atoms with van der Waals surface area (Å²) in [6, 6.07) is 9.52. The molecule has 0 radical (unpaired) electrons. The summed E-state index contributed by atoms with van der Waals surface area (Å²) < 4.78 is 11.1. The molecule has 0 N–H and O–H groups in total. The lowest BCUT2D eigenvalue weighted by molar-refractivity contribution is -0.0218. The molecule has 1 unspecified atom stereocenters. The SMILES string of the molecule is Cc1ccoc1C(=O)N1CCOC(Cc2ccccc2Cl)C1. The Morgan fingerprint density at radius 2 is 2.18 bits per heavy atom. The van der Waals surface area contributed by atoms with Crippen LogP contribution in [-0.4, -0.2) is 36.6 Å². The third-order valence-corrected chi connectivity index (χ3v) is 4.26. The van der Waals surface area contributed by atoms with Crippen molar-refractivity contribution in [2.24, 2.45) is 0 Å². The predicted octanol–water partition coefficient (Wildman–Crippen LogP) is 3.33. The zero-order valence-electron chi connectivity index (χ0n) is 12.4. The average molecular weight is 320 g/mol. The molecule has 1 aliphatic rings. The number of benzene rings is 1. The fourth-order valence-electron chi connectivity index (χ4n) is 2.67. The number of aryl methyl sites for hydroxylation is 1. The van der Waals surface area contributed by atoms with Crippen molar-refractivity contribution in [2.75, 3.05) is 19.7 Å². The van der Waals surface area contributed by atoms with Crippen LogP contribution in [0.25, 0.3) is 0 Å². The second-order valence-electron chi connectivity index (χ2n) is 5.47. The number of nitrogens with zero attached hydrogens (tertiary/aromatic N) is 1. The molecule has 1 saturated heterocycles. The minimum absolute atomic E-state index is 0.0483. The quantitative estimate of drug-likeness (QED) is 0.871. The summed E-state index contributed by atoms with van der Waals surface area (Å²) in [6.45, 7) is 3.53. The van der Waals surface area contributed by atoms with Crippen molar-refractivity contribution >= 4 is 17.5 Å². The third kappa shape index (κ3) is 3.18. The number of halogens is 1. The first kappa shape index (κ1) is 15.1. The van der Waals surface area contributed by atoms with Gasteiger partial charge in [0.25, 0.3) is 5.91 Å². The van der Waals surface area contributed by atoms with Crippen LogP contribution in [0.5, 0.6) is 0 Å². The Morgan fingerprint density at radius 1 is 1.36 bits per heavy atom. The number of furan rings is 1. The molecule has 1 amide bonds. The van der Waals surface area contributed by atoms with Crippen molar-refractivity contribution < 1.29 is 13.9 Å². The van der Waals surface area contributed by atoms with Crippen LogP contribution in [-0.2, 0) is 11.2 Å².